The molecule has 0 saturated heterocycles. The van der Waals surface area contributed by atoms with Gasteiger partial charge in [0.25, 0.3) is 5.95 Å². The molecule has 0 radical (unpaired) electrons. The van der Waals surface area contributed by atoms with Crippen LogP contribution in [0.5, 0.6) is 17.4 Å². The van der Waals surface area contributed by atoms with Crippen molar-refractivity contribution in [2.45, 2.75) is 19.0 Å². The van der Waals surface area contributed by atoms with Gasteiger partial charge in [0.2, 0.25) is 11.0 Å². The average molecular weight is 420 g/mol. The summed E-state index contributed by atoms with van der Waals surface area (Å²) < 4.78 is 13.1. The summed E-state index contributed by atoms with van der Waals surface area (Å²) in [5, 5.41) is 5.10. The maximum atomic E-state index is 5.82. The van der Waals surface area contributed by atoms with Crippen LogP contribution in [0.25, 0.3) is 5.95 Å². The molecule has 0 aliphatic carbocycles. The van der Waals surface area contributed by atoms with E-state index in [-0.39, 0.29) is 0 Å². The van der Waals surface area contributed by atoms with Crippen LogP contribution < -0.4 is 9.47 Å². The highest BCUT2D eigenvalue weighted by Gasteiger charge is 2.10. The molecule has 4 aromatic rings. The molecule has 0 amide bonds. The van der Waals surface area contributed by atoms with E-state index in [0.29, 0.717) is 29.3 Å². The Balaban J connectivity index is 1.36. The third-order valence-corrected chi connectivity index (χ3v) is 4.88. The molecule has 2 aromatic heterocycles. The number of aromatic nitrogens is 5. The van der Waals surface area contributed by atoms with Crippen molar-refractivity contribution in [3.63, 3.8) is 0 Å². The number of thioether (sulfide) groups is 1. The molecule has 2 aromatic carbocycles. The molecule has 0 saturated carbocycles. The summed E-state index contributed by atoms with van der Waals surface area (Å²) >= 11 is 1.51. The molecule has 7 nitrogen and oxygen atoms in total. The van der Waals surface area contributed by atoms with Gasteiger partial charge in [-0.15, -0.1) is 5.10 Å². The van der Waals surface area contributed by atoms with E-state index in [9.17, 15) is 0 Å². The summed E-state index contributed by atoms with van der Waals surface area (Å²) in [6.07, 6.45) is 1.60. The van der Waals surface area contributed by atoms with Gasteiger partial charge < -0.3 is 9.47 Å². The molecule has 0 unspecified atom stereocenters. The Hall–Kier alpha value is -3.39. The van der Waals surface area contributed by atoms with Gasteiger partial charge in [0, 0.05) is 17.5 Å². The molecule has 8 heteroatoms. The Morgan fingerprint density at radius 2 is 1.73 bits per heavy atom. The number of nitrogens with zero attached hydrogens (tertiary/aromatic N) is 5. The number of para-hydroxylation sites is 1. The van der Waals surface area contributed by atoms with E-state index >= 15 is 0 Å². The highest BCUT2D eigenvalue weighted by molar-refractivity contribution is 7.99. The van der Waals surface area contributed by atoms with Gasteiger partial charge in [0.1, 0.15) is 17.8 Å². The van der Waals surface area contributed by atoms with Crippen LogP contribution in [0.15, 0.2) is 72.1 Å². The van der Waals surface area contributed by atoms with Gasteiger partial charge in [-0.25, -0.2) is 9.97 Å². The van der Waals surface area contributed by atoms with Gasteiger partial charge in [-0.3, -0.25) is 0 Å². The zero-order chi connectivity index (χ0) is 20.8. The first-order valence-electron chi connectivity index (χ1n) is 9.48. The highest BCUT2D eigenvalue weighted by Crippen LogP contribution is 2.21. The van der Waals surface area contributed by atoms with Gasteiger partial charge in [-0.1, -0.05) is 47.7 Å². The molecule has 0 aliphatic heterocycles. The molecule has 152 valence electrons. The molecular weight excluding hydrogens is 398 g/mol. The molecule has 0 fully saturated rings. The molecule has 30 heavy (non-hydrogen) atoms. The quantitative estimate of drug-likeness (QED) is 0.304. The van der Waals surface area contributed by atoms with Gasteiger partial charge in [0.15, 0.2) is 0 Å². The standard InChI is InChI=1S/C22H21N5O2S/c1-16-8-10-18(11-9-16)28-12-13-30-22-23-15-27(26-22)21-24-17(2)14-20(25-21)29-19-6-4-3-5-7-19/h3-11,14-15H,12-13H2,1-2H3. The molecule has 0 bridgehead atoms. The second-order valence-corrected chi connectivity index (χ2v) is 7.61. The van der Waals surface area contributed by atoms with E-state index in [0.717, 1.165) is 17.2 Å². The SMILES string of the molecule is Cc1ccc(OCCSc2ncn(-c3nc(C)cc(Oc4ccccc4)n3)n2)cc1. The van der Waals surface area contributed by atoms with E-state index < -0.39 is 0 Å². The van der Waals surface area contributed by atoms with E-state index in [1.165, 1.54) is 17.3 Å². The average Bonchev–Trinajstić information content (AvgIpc) is 3.22. The zero-order valence-electron chi connectivity index (χ0n) is 16.7. The number of aryl methyl sites for hydroxylation is 2. The van der Waals surface area contributed by atoms with Crippen LogP contribution in [0.3, 0.4) is 0 Å². The van der Waals surface area contributed by atoms with Crippen molar-refractivity contribution in [1.82, 2.24) is 24.7 Å². The van der Waals surface area contributed by atoms with Crippen LogP contribution in [-0.4, -0.2) is 37.1 Å². The van der Waals surface area contributed by atoms with Crippen molar-refractivity contribution in [1.29, 1.82) is 0 Å². The minimum atomic E-state index is 0.413. The molecule has 2 heterocycles. The fourth-order valence-corrected chi connectivity index (χ4v) is 3.24. The first-order chi connectivity index (χ1) is 14.7. The molecule has 0 aliphatic rings. The lowest BCUT2D eigenvalue weighted by molar-refractivity contribution is 0.344. The maximum Gasteiger partial charge on any atom is 0.255 e. The number of hydrogen-bond acceptors (Lipinski definition) is 7. The van der Waals surface area contributed by atoms with E-state index in [4.69, 9.17) is 9.47 Å². The predicted octanol–water partition coefficient (Wildman–Crippen LogP) is 4.64. The lowest BCUT2D eigenvalue weighted by Gasteiger charge is -2.07. The lowest BCUT2D eigenvalue weighted by Crippen LogP contribution is -2.04. The summed E-state index contributed by atoms with van der Waals surface area (Å²) in [5.41, 5.74) is 1.99. The summed E-state index contributed by atoms with van der Waals surface area (Å²) in [5.74, 6) is 3.18. The van der Waals surface area contributed by atoms with Crippen molar-refractivity contribution < 1.29 is 9.47 Å². The predicted molar refractivity (Wildman–Crippen MR) is 116 cm³/mol. The number of rotatable bonds is 8. The minimum Gasteiger partial charge on any atom is -0.493 e. The number of benzene rings is 2. The third-order valence-electron chi connectivity index (χ3n) is 4.06. The van der Waals surface area contributed by atoms with Gasteiger partial charge >= 0.3 is 0 Å². The Morgan fingerprint density at radius 1 is 0.933 bits per heavy atom. The molecule has 4 rings (SSSR count). The molecule has 0 N–H and O–H groups in total. The van der Waals surface area contributed by atoms with E-state index in [2.05, 4.69) is 27.0 Å². The molecule has 0 spiro atoms. The second kappa shape index (κ2) is 9.41. The van der Waals surface area contributed by atoms with Gasteiger partial charge in [-0.05, 0) is 38.1 Å². The fourth-order valence-electron chi connectivity index (χ4n) is 2.63. The fraction of sp³-hybridized carbons (Fsp3) is 0.182. The Kier molecular flexibility index (Phi) is 6.24. The molecule has 0 atom stereocenters. The topological polar surface area (TPSA) is 75.0 Å². The van der Waals surface area contributed by atoms with Gasteiger partial charge in [-0.2, -0.15) is 9.67 Å². The summed E-state index contributed by atoms with van der Waals surface area (Å²) in [6, 6.07) is 19.3. The highest BCUT2D eigenvalue weighted by atomic mass is 32.2. The monoisotopic (exact) mass is 419 g/mol. The summed E-state index contributed by atoms with van der Waals surface area (Å²) in [6.45, 7) is 4.51. The molecular formula is C22H21N5O2S. The largest absolute Gasteiger partial charge is 0.493 e. The lowest BCUT2D eigenvalue weighted by atomic mass is 10.2. The Labute approximate surface area is 179 Å². The number of hydrogen-bond donors (Lipinski definition) is 0. The van der Waals surface area contributed by atoms with Crippen molar-refractivity contribution in [3.8, 4) is 23.3 Å². The second-order valence-electron chi connectivity index (χ2n) is 6.54. The van der Waals surface area contributed by atoms with Crippen molar-refractivity contribution >= 4 is 11.8 Å². The summed E-state index contributed by atoms with van der Waals surface area (Å²) in [7, 11) is 0. The Bertz CT molecular complexity index is 1100. The maximum absolute atomic E-state index is 5.82. The minimum absolute atomic E-state index is 0.413. The van der Waals surface area contributed by atoms with Gasteiger partial charge in [0.05, 0.1) is 6.61 Å². The van der Waals surface area contributed by atoms with Crippen LogP contribution in [0, 0.1) is 13.8 Å². The Morgan fingerprint density at radius 3 is 2.53 bits per heavy atom. The van der Waals surface area contributed by atoms with Crippen LogP contribution in [-0.2, 0) is 0 Å². The zero-order valence-corrected chi connectivity index (χ0v) is 17.5. The van der Waals surface area contributed by atoms with Crippen molar-refractivity contribution in [2.75, 3.05) is 12.4 Å². The van der Waals surface area contributed by atoms with Crippen molar-refractivity contribution in [2.24, 2.45) is 0 Å². The smallest absolute Gasteiger partial charge is 0.255 e. The van der Waals surface area contributed by atoms with Crippen LogP contribution in [0.4, 0.5) is 0 Å². The first kappa shape index (κ1) is 19.9. The summed E-state index contributed by atoms with van der Waals surface area (Å²) in [4.78, 5) is 13.2. The first-order valence-corrected chi connectivity index (χ1v) is 10.5. The number of ether oxygens (including phenoxy) is 2. The van der Waals surface area contributed by atoms with Crippen LogP contribution in [0.1, 0.15) is 11.3 Å². The van der Waals surface area contributed by atoms with E-state index in [1.807, 2.05) is 61.5 Å². The van der Waals surface area contributed by atoms with E-state index in [1.54, 1.807) is 17.1 Å². The normalized spacial score (nSPS) is 10.7. The van der Waals surface area contributed by atoms with Crippen LogP contribution >= 0.6 is 11.8 Å². The van der Waals surface area contributed by atoms with Crippen molar-refractivity contribution in [3.05, 3.63) is 78.2 Å². The van der Waals surface area contributed by atoms with Crippen LogP contribution in [0.2, 0.25) is 0 Å². The third kappa shape index (κ3) is 5.36.